The van der Waals surface area contributed by atoms with Crippen molar-refractivity contribution in [3.05, 3.63) is 60.2 Å². The molecule has 1 amide bonds. The molecule has 1 N–H and O–H groups in total. The first-order chi connectivity index (χ1) is 9.81. The molecular formula is C17H15NO2. The molecule has 0 spiro atoms. The van der Waals surface area contributed by atoms with E-state index in [0.717, 1.165) is 0 Å². The second kappa shape index (κ2) is 7.01. The lowest BCUT2D eigenvalue weighted by molar-refractivity contribution is 0.0952. The molecule has 0 aliphatic heterocycles. The van der Waals surface area contributed by atoms with Gasteiger partial charge in [0, 0.05) is 13.0 Å². The molecule has 0 heterocycles. The van der Waals surface area contributed by atoms with E-state index in [0.29, 0.717) is 30.0 Å². The normalized spacial score (nSPS) is 9.55. The van der Waals surface area contributed by atoms with Crippen LogP contribution in [0.2, 0.25) is 0 Å². The topological polar surface area (TPSA) is 38.3 Å². The highest BCUT2D eigenvalue weighted by atomic mass is 16.5. The maximum atomic E-state index is 12.1. The van der Waals surface area contributed by atoms with Gasteiger partial charge in [0.1, 0.15) is 11.5 Å². The molecule has 0 radical (unpaired) electrons. The molecule has 2 aromatic rings. The Morgan fingerprint density at radius 3 is 2.55 bits per heavy atom. The summed E-state index contributed by atoms with van der Waals surface area (Å²) in [4.78, 5) is 12.1. The molecule has 0 aliphatic rings. The Morgan fingerprint density at radius 1 is 1.10 bits per heavy atom. The molecule has 100 valence electrons. The van der Waals surface area contributed by atoms with Crippen LogP contribution in [0.4, 0.5) is 0 Å². The highest BCUT2D eigenvalue weighted by Crippen LogP contribution is 2.24. The summed E-state index contributed by atoms with van der Waals surface area (Å²) < 4.78 is 5.74. The predicted octanol–water partition coefficient (Wildman–Crippen LogP) is 3.23. The number of carbonyl (C=O) groups excluding carboxylic acids is 1. The number of carbonyl (C=O) groups is 1. The van der Waals surface area contributed by atoms with Crippen LogP contribution in [0.15, 0.2) is 54.6 Å². The fourth-order valence-corrected chi connectivity index (χ4v) is 1.70. The van der Waals surface area contributed by atoms with Gasteiger partial charge in [-0.05, 0) is 24.3 Å². The van der Waals surface area contributed by atoms with Crippen molar-refractivity contribution in [3.8, 4) is 23.8 Å². The van der Waals surface area contributed by atoms with E-state index in [1.54, 1.807) is 18.2 Å². The second-order valence-electron chi connectivity index (χ2n) is 4.12. The Labute approximate surface area is 118 Å². The van der Waals surface area contributed by atoms with Crippen LogP contribution in [0.5, 0.6) is 11.5 Å². The summed E-state index contributed by atoms with van der Waals surface area (Å²) in [7, 11) is 0. The summed E-state index contributed by atoms with van der Waals surface area (Å²) in [6, 6.07) is 16.5. The fraction of sp³-hybridized carbons (Fsp3) is 0.118. The zero-order valence-corrected chi connectivity index (χ0v) is 11.0. The van der Waals surface area contributed by atoms with Crippen LogP contribution in [-0.2, 0) is 0 Å². The van der Waals surface area contributed by atoms with Gasteiger partial charge < -0.3 is 10.1 Å². The number of benzene rings is 2. The molecule has 0 aliphatic carbocycles. The van der Waals surface area contributed by atoms with Gasteiger partial charge in [0.15, 0.2) is 0 Å². The van der Waals surface area contributed by atoms with Crippen molar-refractivity contribution >= 4 is 5.91 Å². The van der Waals surface area contributed by atoms with Crippen LogP contribution < -0.4 is 10.1 Å². The van der Waals surface area contributed by atoms with Crippen molar-refractivity contribution in [2.45, 2.75) is 6.42 Å². The van der Waals surface area contributed by atoms with Crippen molar-refractivity contribution < 1.29 is 9.53 Å². The lowest BCUT2D eigenvalue weighted by atomic mass is 10.2. The lowest BCUT2D eigenvalue weighted by Gasteiger charge is -2.10. The number of nitrogens with one attached hydrogen (secondary N) is 1. The summed E-state index contributed by atoms with van der Waals surface area (Å²) in [6.45, 7) is 0.453. The summed E-state index contributed by atoms with van der Waals surface area (Å²) in [5, 5.41) is 2.76. The molecule has 2 rings (SSSR count). The monoisotopic (exact) mass is 265 g/mol. The Morgan fingerprint density at radius 2 is 1.80 bits per heavy atom. The van der Waals surface area contributed by atoms with Crippen molar-refractivity contribution in [2.24, 2.45) is 0 Å². The van der Waals surface area contributed by atoms with Gasteiger partial charge in [0.2, 0.25) is 0 Å². The Bertz CT molecular complexity index is 614. The molecule has 3 nitrogen and oxygen atoms in total. The van der Waals surface area contributed by atoms with Gasteiger partial charge >= 0.3 is 0 Å². The quantitative estimate of drug-likeness (QED) is 0.666. The van der Waals surface area contributed by atoms with Gasteiger partial charge in [0.25, 0.3) is 5.91 Å². The summed E-state index contributed by atoms with van der Waals surface area (Å²) in [5.41, 5.74) is 0.494. The highest BCUT2D eigenvalue weighted by Gasteiger charge is 2.11. The molecule has 0 saturated heterocycles. The molecule has 0 unspecified atom stereocenters. The maximum absolute atomic E-state index is 12.1. The molecule has 3 heteroatoms. The zero-order valence-electron chi connectivity index (χ0n) is 11.0. The minimum atomic E-state index is -0.188. The van der Waals surface area contributed by atoms with Gasteiger partial charge in [-0.1, -0.05) is 30.3 Å². The third-order valence-electron chi connectivity index (χ3n) is 2.66. The van der Waals surface area contributed by atoms with Crippen molar-refractivity contribution in [1.82, 2.24) is 5.32 Å². The van der Waals surface area contributed by atoms with Gasteiger partial charge in [-0.25, -0.2) is 0 Å². The number of rotatable bonds is 5. The highest BCUT2D eigenvalue weighted by molar-refractivity contribution is 5.97. The number of amides is 1. The predicted molar refractivity (Wildman–Crippen MR) is 78.7 cm³/mol. The van der Waals surface area contributed by atoms with E-state index in [9.17, 15) is 4.79 Å². The van der Waals surface area contributed by atoms with Crippen LogP contribution in [0.3, 0.4) is 0 Å². The van der Waals surface area contributed by atoms with Gasteiger partial charge in [-0.15, -0.1) is 12.3 Å². The van der Waals surface area contributed by atoms with E-state index in [1.165, 1.54) is 0 Å². The van der Waals surface area contributed by atoms with Crippen molar-refractivity contribution in [3.63, 3.8) is 0 Å². The molecule has 0 saturated carbocycles. The van der Waals surface area contributed by atoms with Crippen LogP contribution in [0, 0.1) is 12.3 Å². The lowest BCUT2D eigenvalue weighted by Crippen LogP contribution is -2.24. The van der Waals surface area contributed by atoms with Crippen molar-refractivity contribution in [2.75, 3.05) is 6.54 Å². The van der Waals surface area contributed by atoms with Gasteiger partial charge in [-0.3, -0.25) is 4.79 Å². The zero-order chi connectivity index (χ0) is 14.2. The number of hydrogen-bond acceptors (Lipinski definition) is 2. The molecule has 2 aromatic carbocycles. The van der Waals surface area contributed by atoms with Crippen LogP contribution in [-0.4, -0.2) is 12.5 Å². The summed E-state index contributed by atoms with van der Waals surface area (Å²) in [6.07, 6.45) is 5.67. The number of ether oxygens (including phenoxy) is 1. The first-order valence-corrected chi connectivity index (χ1v) is 6.35. The van der Waals surface area contributed by atoms with E-state index in [1.807, 2.05) is 36.4 Å². The van der Waals surface area contributed by atoms with Crippen LogP contribution in [0.1, 0.15) is 16.8 Å². The van der Waals surface area contributed by atoms with E-state index in [4.69, 9.17) is 11.2 Å². The van der Waals surface area contributed by atoms with E-state index < -0.39 is 0 Å². The molecule has 0 fully saturated rings. The molecule has 0 bridgehead atoms. The van der Waals surface area contributed by atoms with Gasteiger partial charge in [-0.2, -0.15) is 0 Å². The minimum absolute atomic E-state index is 0.188. The maximum Gasteiger partial charge on any atom is 0.255 e. The Hall–Kier alpha value is -2.73. The van der Waals surface area contributed by atoms with Gasteiger partial charge in [0.05, 0.1) is 5.56 Å². The summed E-state index contributed by atoms with van der Waals surface area (Å²) >= 11 is 0. The smallest absolute Gasteiger partial charge is 0.255 e. The number of para-hydroxylation sites is 2. The Balaban J connectivity index is 2.14. The molecule has 20 heavy (non-hydrogen) atoms. The molecular weight excluding hydrogens is 250 g/mol. The fourth-order valence-electron chi connectivity index (χ4n) is 1.70. The first kappa shape index (κ1) is 13.7. The average molecular weight is 265 g/mol. The minimum Gasteiger partial charge on any atom is -0.457 e. The standard InChI is InChI=1S/C17H15NO2/c1-2-3-13-18-17(19)15-11-7-8-12-16(15)20-14-9-5-4-6-10-14/h1,4-12H,3,13H2,(H,18,19). The third-order valence-corrected chi connectivity index (χ3v) is 2.66. The SMILES string of the molecule is C#CCCNC(=O)c1ccccc1Oc1ccccc1. The number of terminal acetylenes is 1. The summed E-state index contributed by atoms with van der Waals surface area (Å²) in [5.74, 6) is 3.51. The average Bonchev–Trinajstić information content (AvgIpc) is 2.49. The van der Waals surface area contributed by atoms with E-state index in [-0.39, 0.29) is 5.91 Å². The molecule has 0 atom stereocenters. The van der Waals surface area contributed by atoms with E-state index >= 15 is 0 Å². The Kier molecular flexibility index (Phi) is 4.80. The third kappa shape index (κ3) is 3.63. The number of hydrogen-bond donors (Lipinski definition) is 1. The second-order valence-corrected chi connectivity index (χ2v) is 4.12. The largest absolute Gasteiger partial charge is 0.457 e. The van der Waals surface area contributed by atoms with E-state index in [2.05, 4.69) is 11.2 Å². The van der Waals surface area contributed by atoms with Crippen LogP contribution >= 0.6 is 0 Å². The van der Waals surface area contributed by atoms with Crippen molar-refractivity contribution in [1.29, 1.82) is 0 Å². The van der Waals surface area contributed by atoms with Crippen LogP contribution in [0.25, 0.3) is 0 Å². The molecule has 0 aromatic heterocycles. The first-order valence-electron chi connectivity index (χ1n) is 6.35.